The lowest BCUT2D eigenvalue weighted by molar-refractivity contribution is 0.0653. The Hall–Kier alpha value is -1.07. The van der Waals surface area contributed by atoms with E-state index in [1.54, 1.807) is 18.2 Å². The zero-order chi connectivity index (χ0) is 13.8. The normalized spacial score (nSPS) is 19.5. The quantitative estimate of drug-likeness (QED) is 0.837. The van der Waals surface area contributed by atoms with Crippen LogP contribution in [-0.2, 0) is 0 Å². The van der Waals surface area contributed by atoms with E-state index in [4.69, 9.17) is 10.8 Å². The maximum Gasteiger partial charge on any atom is 0.253 e. The fourth-order valence-electron chi connectivity index (χ4n) is 2.59. The van der Waals surface area contributed by atoms with E-state index in [9.17, 15) is 4.79 Å². The Morgan fingerprint density at radius 2 is 2.26 bits per heavy atom. The molecule has 5 heteroatoms. The van der Waals surface area contributed by atoms with Crippen LogP contribution in [0.1, 0.15) is 29.6 Å². The summed E-state index contributed by atoms with van der Waals surface area (Å²) in [6.45, 7) is 1.70. The molecule has 1 aromatic rings. The highest BCUT2D eigenvalue weighted by Crippen LogP contribution is 2.23. The number of carbonyl (C=O) groups excluding carboxylic acids is 1. The molecule has 1 atom stereocenters. The van der Waals surface area contributed by atoms with Gasteiger partial charge in [-0.2, -0.15) is 0 Å². The Bertz CT molecular complexity index is 443. The van der Waals surface area contributed by atoms with E-state index in [0.717, 1.165) is 36.8 Å². The number of nitrogens with zero attached hydrogens (tertiary/aromatic N) is 1. The van der Waals surface area contributed by atoms with Crippen LogP contribution in [-0.4, -0.2) is 35.6 Å². The van der Waals surface area contributed by atoms with Crippen molar-refractivity contribution in [1.82, 2.24) is 4.90 Å². The third-order valence-electron chi connectivity index (χ3n) is 3.51. The molecule has 1 unspecified atom stereocenters. The van der Waals surface area contributed by atoms with Gasteiger partial charge < -0.3 is 15.7 Å². The second kappa shape index (κ2) is 6.39. The van der Waals surface area contributed by atoms with Crippen LogP contribution in [0, 0.1) is 5.92 Å². The highest BCUT2D eigenvalue weighted by molar-refractivity contribution is 9.10. The molecule has 1 heterocycles. The zero-order valence-electron chi connectivity index (χ0n) is 10.8. The van der Waals surface area contributed by atoms with E-state index in [-0.39, 0.29) is 12.5 Å². The van der Waals surface area contributed by atoms with Gasteiger partial charge >= 0.3 is 0 Å². The Morgan fingerprint density at radius 3 is 2.95 bits per heavy atom. The number of carbonyl (C=O) groups is 1. The molecule has 0 aliphatic carbocycles. The van der Waals surface area contributed by atoms with Crippen LogP contribution in [0.2, 0.25) is 0 Å². The van der Waals surface area contributed by atoms with E-state index >= 15 is 0 Å². The minimum atomic E-state index is 0.0237. The molecule has 1 saturated heterocycles. The smallest absolute Gasteiger partial charge is 0.253 e. The van der Waals surface area contributed by atoms with Gasteiger partial charge in [0.05, 0.1) is 0 Å². The lowest BCUT2D eigenvalue weighted by Gasteiger charge is -2.32. The summed E-state index contributed by atoms with van der Waals surface area (Å²) in [5, 5.41) is 9.01. The third-order valence-corrected chi connectivity index (χ3v) is 3.97. The summed E-state index contributed by atoms with van der Waals surface area (Å²) in [7, 11) is 0. The van der Waals surface area contributed by atoms with Crippen molar-refractivity contribution in [2.75, 3.05) is 25.4 Å². The highest BCUT2D eigenvalue weighted by atomic mass is 79.9. The molecule has 0 spiro atoms. The summed E-state index contributed by atoms with van der Waals surface area (Å²) in [6, 6.07) is 5.29. The summed E-state index contributed by atoms with van der Waals surface area (Å²) in [6.07, 6.45) is 2.86. The molecule has 2 rings (SSSR count). The van der Waals surface area contributed by atoms with Gasteiger partial charge in [0.2, 0.25) is 0 Å². The van der Waals surface area contributed by atoms with E-state index < -0.39 is 0 Å². The number of likely N-dealkylation sites (tertiary alicyclic amines) is 1. The third kappa shape index (κ3) is 3.70. The minimum absolute atomic E-state index is 0.0237. The monoisotopic (exact) mass is 326 g/mol. The largest absolute Gasteiger partial charge is 0.399 e. The van der Waals surface area contributed by atoms with E-state index in [0.29, 0.717) is 17.2 Å². The molecule has 0 bridgehead atoms. The van der Waals surface area contributed by atoms with Crippen molar-refractivity contribution in [3.05, 3.63) is 28.2 Å². The standard InChI is InChI=1S/C14H19BrN2O2/c15-12-6-11(7-13(16)8-12)14(19)17-4-1-2-10(9-17)3-5-18/h6-8,10,18H,1-5,9,16H2. The molecule has 4 nitrogen and oxygen atoms in total. The number of benzene rings is 1. The molecule has 0 aromatic heterocycles. The number of nitrogen functional groups attached to an aromatic ring is 1. The molecule has 104 valence electrons. The molecule has 1 aliphatic rings. The zero-order valence-corrected chi connectivity index (χ0v) is 12.4. The van der Waals surface area contributed by atoms with E-state index in [1.165, 1.54) is 0 Å². The summed E-state index contributed by atoms with van der Waals surface area (Å²) in [4.78, 5) is 14.3. The highest BCUT2D eigenvalue weighted by Gasteiger charge is 2.24. The van der Waals surface area contributed by atoms with Gasteiger partial charge in [-0.05, 0) is 43.4 Å². The predicted octanol–water partition coefficient (Wildman–Crippen LogP) is 2.27. The lowest BCUT2D eigenvalue weighted by Crippen LogP contribution is -2.40. The molecule has 1 fully saturated rings. The summed E-state index contributed by atoms with van der Waals surface area (Å²) in [5.74, 6) is 0.433. The van der Waals surface area contributed by atoms with Gasteiger partial charge in [0, 0.05) is 35.4 Å². The molecule has 1 amide bonds. The van der Waals surface area contributed by atoms with Gasteiger partial charge in [0.25, 0.3) is 5.91 Å². The summed E-state index contributed by atoms with van der Waals surface area (Å²) < 4.78 is 0.819. The molecule has 0 radical (unpaired) electrons. The number of rotatable bonds is 3. The Balaban J connectivity index is 2.10. The molecule has 19 heavy (non-hydrogen) atoms. The Morgan fingerprint density at radius 1 is 1.47 bits per heavy atom. The topological polar surface area (TPSA) is 66.6 Å². The van der Waals surface area contributed by atoms with Gasteiger partial charge in [-0.25, -0.2) is 0 Å². The fraction of sp³-hybridized carbons (Fsp3) is 0.500. The number of anilines is 1. The summed E-state index contributed by atoms with van der Waals surface area (Å²) in [5.41, 5.74) is 6.97. The van der Waals surface area contributed by atoms with Crippen molar-refractivity contribution >= 4 is 27.5 Å². The first kappa shape index (κ1) is 14.3. The Kier molecular flexibility index (Phi) is 4.82. The van der Waals surface area contributed by atoms with E-state index in [1.807, 2.05) is 4.90 Å². The van der Waals surface area contributed by atoms with Crippen LogP contribution in [0.25, 0.3) is 0 Å². The van der Waals surface area contributed by atoms with Crippen molar-refractivity contribution in [2.45, 2.75) is 19.3 Å². The van der Waals surface area contributed by atoms with Crippen LogP contribution in [0.15, 0.2) is 22.7 Å². The second-order valence-electron chi connectivity index (χ2n) is 5.04. The molecular weight excluding hydrogens is 308 g/mol. The van der Waals surface area contributed by atoms with Crippen molar-refractivity contribution in [1.29, 1.82) is 0 Å². The number of hydrogen-bond donors (Lipinski definition) is 2. The first-order valence-electron chi connectivity index (χ1n) is 6.56. The number of halogens is 1. The number of amides is 1. The maximum atomic E-state index is 12.4. The average Bonchev–Trinajstić information content (AvgIpc) is 2.37. The first-order chi connectivity index (χ1) is 9.10. The number of nitrogens with two attached hydrogens (primary N) is 1. The van der Waals surface area contributed by atoms with Gasteiger partial charge in [0.1, 0.15) is 0 Å². The number of aliphatic hydroxyl groups is 1. The second-order valence-corrected chi connectivity index (χ2v) is 5.96. The molecule has 1 aromatic carbocycles. The molecular formula is C14H19BrN2O2. The molecule has 1 aliphatic heterocycles. The van der Waals surface area contributed by atoms with Crippen molar-refractivity contribution in [2.24, 2.45) is 5.92 Å². The number of aliphatic hydroxyl groups excluding tert-OH is 1. The van der Waals surface area contributed by atoms with Gasteiger partial charge in [0.15, 0.2) is 0 Å². The van der Waals surface area contributed by atoms with Crippen LogP contribution in [0.4, 0.5) is 5.69 Å². The number of hydrogen-bond acceptors (Lipinski definition) is 3. The van der Waals surface area contributed by atoms with Crippen LogP contribution < -0.4 is 5.73 Å². The molecule has 3 N–H and O–H groups in total. The van der Waals surface area contributed by atoms with Crippen molar-refractivity contribution in [3.8, 4) is 0 Å². The SMILES string of the molecule is Nc1cc(Br)cc(C(=O)N2CCCC(CCO)C2)c1. The predicted molar refractivity (Wildman–Crippen MR) is 78.9 cm³/mol. The average molecular weight is 327 g/mol. The first-order valence-corrected chi connectivity index (χ1v) is 7.35. The van der Waals surface area contributed by atoms with Crippen LogP contribution >= 0.6 is 15.9 Å². The van der Waals surface area contributed by atoms with Crippen molar-refractivity contribution in [3.63, 3.8) is 0 Å². The van der Waals surface area contributed by atoms with Crippen LogP contribution in [0.5, 0.6) is 0 Å². The van der Waals surface area contributed by atoms with E-state index in [2.05, 4.69) is 15.9 Å². The summed E-state index contributed by atoms with van der Waals surface area (Å²) >= 11 is 3.36. The van der Waals surface area contributed by atoms with Crippen molar-refractivity contribution < 1.29 is 9.90 Å². The maximum absolute atomic E-state index is 12.4. The van der Waals surface area contributed by atoms with Gasteiger partial charge in [-0.3, -0.25) is 4.79 Å². The molecule has 0 saturated carbocycles. The minimum Gasteiger partial charge on any atom is -0.399 e. The Labute approximate surface area is 121 Å². The lowest BCUT2D eigenvalue weighted by atomic mass is 9.94. The van der Waals surface area contributed by atoms with Gasteiger partial charge in [-0.1, -0.05) is 15.9 Å². The van der Waals surface area contributed by atoms with Crippen LogP contribution in [0.3, 0.4) is 0 Å². The number of piperidine rings is 1. The fourth-order valence-corrected chi connectivity index (χ4v) is 3.10. The van der Waals surface area contributed by atoms with Gasteiger partial charge in [-0.15, -0.1) is 0 Å².